The largest absolute Gasteiger partial charge is 0.465 e. The van der Waals surface area contributed by atoms with Gasteiger partial charge in [0.25, 0.3) is 0 Å². The molecule has 4 aromatic rings. The summed E-state index contributed by atoms with van der Waals surface area (Å²) in [7, 11) is -3.31. The lowest BCUT2D eigenvalue weighted by Gasteiger charge is -2.33. The van der Waals surface area contributed by atoms with Gasteiger partial charge in [0.15, 0.2) is 9.84 Å². The van der Waals surface area contributed by atoms with Crippen LogP contribution in [0.5, 0.6) is 0 Å². The number of halogens is 1. The summed E-state index contributed by atoms with van der Waals surface area (Å²) in [6, 6.07) is 20.3. The summed E-state index contributed by atoms with van der Waals surface area (Å²) in [6.45, 7) is 3.51. The fourth-order valence-electron chi connectivity index (χ4n) is 4.89. The highest BCUT2D eigenvalue weighted by molar-refractivity contribution is 7.90. The second-order valence-corrected chi connectivity index (χ2v) is 13.1. The van der Waals surface area contributed by atoms with Gasteiger partial charge in [-0.2, -0.15) is 5.10 Å². The van der Waals surface area contributed by atoms with Crippen LogP contribution < -0.4 is 0 Å². The molecule has 0 saturated carbocycles. The second kappa shape index (κ2) is 11.6. The van der Waals surface area contributed by atoms with E-state index in [-0.39, 0.29) is 16.9 Å². The molecule has 1 aliphatic heterocycles. The first-order chi connectivity index (χ1) is 18.7. The zero-order chi connectivity index (χ0) is 27.6. The van der Waals surface area contributed by atoms with Crippen LogP contribution in [0.15, 0.2) is 71.6 Å². The fraction of sp³-hybridized carbons (Fsp3) is 0.310. The van der Waals surface area contributed by atoms with Gasteiger partial charge in [-0.05, 0) is 74.3 Å². The van der Waals surface area contributed by atoms with Crippen LogP contribution in [0.1, 0.15) is 31.9 Å². The molecule has 0 N–H and O–H groups in total. The van der Waals surface area contributed by atoms with Crippen LogP contribution in [0.25, 0.3) is 26.7 Å². The van der Waals surface area contributed by atoms with E-state index in [2.05, 4.69) is 4.90 Å². The van der Waals surface area contributed by atoms with Crippen molar-refractivity contribution in [2.24, 2.45) is 0 Å². The summed E-state index contributed by atoms with van der Waals surface area (Å²) in [6.07, 6.45) is 4.01. The van der Waals surface area contributed by atoms with Crippen LogP contribution in [0.3, 0.4) is 0 Å². The normalized spacial score (nSPS) is 16.3. The number of sulfone groups is 1. The van der Waals surface area contributed by atoms with Crippen molar-refractivity contribution in [1.82, 2.24) is 14.7 Å². The van der Waals surface area contributed by atoms with Gasteiger partial charge in [0, 0.05) is 17.7 Å². The van der Waals surface area contributed by atoms with Crippen LogP contribution in [-0.2, 0) is 25.9 Å². The van der Waals surface area contributed by atoms with Crippen molar-refractivity contribution in [3.05, 3.63) is 77.4 Å². The highest BCUT2D eigenvalue weighted by Crippen LogP contribution is 2.37. The number of para-hydroxylation sites is 1. The number of ether oxygens (including phenoxy) is 1. The van der Waals surface area contributed by atoms with Crippen molar-refractivity contribution in [2.45, 2.75) is 43.7 Å². The fourth-order valence-corrected chi connectivity index (χ4v) is 6.78. The van der Waals surface area contributed by atoms with E-state index < -0.39 is 9.84 Å². The topological polar surface area (TPSA) is 81.5 Å². The molecular weight excluding hydrogens is 554 g/mol. The Morgan fingerprint density at radius 1 is 1.08 bits per heavy atom. The maximum atomic E-state index is 12.6. The number of carbonyl (C=O) groups is 1. The Hall–Kier alpha value is -2.98. The van der Waals surface area contributed by atoms with Gasteiger partial charge in [-0.25, -0.2) is 13.1 Å². The number of nitrogens with zero attached hydrogens (tertiary/aromatic N) is 3. The smallest absolute Gasteiger partial charge is 0.323 e. The van der Waals surface area contributed by atoms with Crippen LogP contribution in [-0.4, -0.2) is 54.5 Å². The molecule has 0 radical (unpaired) electrons. The van der Waals surface area contributed by atoms with E-state index in [1.54, 1.807) is 29.5 Å². The summed E-state index contributed by atoms with van der Waals surface area (Å²) >= 11 is 8.15. The molecule has 1 saturated heterocycles. The molecule has 0 spiro atoms. The quantitative estimate of drug-likeness (QED) is 0.228. The van der Waals surface area contributed by atoms with E-state index in [1.807, 2.05) is 60.1 Å². The monoisotopic (exact) mass is 583 g/mol. The molecule has 39 heavy (non-hydrogen) atoms. The van der Waals surface area contributed by atoms with Gasteiger partial charge in [0.05, 0.1) is 38.5 Å². The third-order valence-electron chi connectivity index (χ3n) is 6.78. The highest BCUT2D eigenvalue weighted by atomic mass is 35.5. The number of thiophene rings is 1. The Morgan fingerprint density at radius 2 is 1.87 bits per heavy atom. The zero-order valence-corrected chi connectivity index (χ0v) is 24.2. The molecule has 0 aliphatic carbocycles. The van der Waals surface area contributed by atoms with Crippen LogP contribution in [0.2, 0.25) is 5.02 Å². The third-order valence-corrected chi connectivity index (χ3v) is 9.37. The van der Waals surface area contributed by atoms with E-state index in [1.165, 1.54) is 6.26 Å². The summed E-state index contributed by atoms with van der Waals surface area (Å²) in [5, 5.41) is 5.52. The van der Waals surface area contributed by atoms with Crippen LogP contribution in [0, 0.1) is 0 Å². The summed E-state index contributed by atoms with van der Waals surface area (Å²) in [5.74, 6) is -0.179. The van der Waals surface area contributed by atoms with E-state index >= 15 is 0 Å². The van der Waals surface area contributed by atoms with Gasteiger partial charge < -0.3 is 4.74 Å². The number of aromatic nitrogens is 2. The molecule has 0 amide bonds. The Morgan fingerprint density at radius 3 is 2.64 bits per heavy atom. The molecule has 204 valence electrons. The SMILES string of the molecule is CCOC(=O)C1CCCCN1Cc1cc(-c2ccc(-c3cccc(S(C)(=O)=O)c3)s2)n(-c2ccccc2Cl)n1. The van der Waals surface area contributed by atoms with E-state index in [9.17, 15) is 13.2 Å². The Labute approximate surface area is 237 Å². The lowest BCUT2D eigenvalue weighted by Crippen LogP contribution is -2.45. The third kappa shape index (κ3) is 6.11. The van der Waals surface area contributed by atoms with Gasteiger partial charge in [0.1, 0.15) is 6.04 Å². The number of carbonyl (C=O) groups excluding carboxylic acids is 1. The molecule has 1 unspecified atom stereocenters. The predicted molar refractivity (Wildman–Crippen MR) is 155 cm³/mol. The van der Waals surface area contributed by atoms with Crippen molar-refractivity contribution >= 4 is 38.7 Å². The molecule has 0 bridgehead atoms. The van der Waals surface area contributed by atoms with E-state index in [4.69, 9.17) is 21.4 Å². The predicted octanol–water partition coefficient (Wildman–Crippen LogP) is 6.24. The van der Waals surface area contributed by atoms with E-state index in [0.717, 1.165) is 58.2 Å². The van der Waals surface area contributed by atoms with Gasteiger partial charge in [-0.15, -0.1) is 11.3 Å². The standard InChI is InChI=1S/C29H30ClN3O4S2/c1-3-37-29(34)25-13-6-7-16-32(25)19-21-18-26(33(31-21)24-12-5-4-11-23(24)30)28-15-14-27(38-28)20-9-8-10-22(17-20)39(2,35)36/h4-5,8-12,14-15,17-18,25H,3,6-7,13,16,19H2,1-2H3. The first-order valence-corrected chi connectivity index (χ1v) is 16.0. The van der Waals surface area contributed by atoms with Gasteiger partial charge in [-0.3, -0.25) is 9.69 Å². The highest BCUT2D eigenvalue weighted by Gasteiger charge is 2.30. The molecular formula is C29H30ClN3O4S2. The number of likely N-dealkylation sites (tertiary alicyclic amines) is 1. The van der Waals surface area contributed by atoms with Crippen molar-refractivity contribution in [3.63, 3.8) is 0 Å². The molecule has 7 nitrogen and oxygen atoms in total. The van der Waals surface area contributed by atoms with Gasteiger partial charge >= 0.3 is 5.97 Å². The molecule has 10 heteroatoms. The number of esters is 1. The molecule has 1 fully saturated rings. The molecule has 3 heterocycles. The van der Waals surface area contributed by atoms with Gasteiger partial charge in [-0.1, -0.05) is 42.3 Å². The average Bonchev–Trinajstić information content (AvgIpc) is 3.57. The molecule has 1 atom stereocenters. The van der Waals surface area contributed by atoms with Crippen molar-refractivity contribution in [2.75, 3.05) is 19.4 Å². The maximum absolute atomic E-state index is 12.6. The number of rotatable bonds is 8. The average molecular weight is 584 g/mol. The Balaban J connectivity index is 1.52. The Kier molecular flexibility index (Phi) is 8.23. The lowest BCUT2D eigenvalue weighted by molar-refractivity contribution is -0.151. The molecule has 2 aromatic carbocycles. The maximum Gasteiger partial charge on any atom is 0.323 e. The first kappa shape index (κ1) is 27.6. The minimum absolute atomic E-state index is 0.179. The first-order valence-electron chi connectivity index (χ1n) is 12.9. The molecule has 1 aliphatic rings. The summed E-state index contributed by atoms with van der Waals surface area (Å²) in [5.41, 5.74) is 3.30. The minimum Gasteiger partial charge on any atom is -0.465 e. The number of benzene rings is 2. The minimum atomic E-state index is -3.31. The van der Waals surface area contributed by atoms with Gasteiger partial charge in [0.2, 0.25) is 0 Å². The van der Waals surface area contributed by atoms with Crippen LogP contribution in [0.4, 0.5) is 0 Å². The summed E-state index contributed by atoms with van der Waals surface area (Å²) in [4.78, 5) is 17.0. The van der Waals surface area contributed by atoms with E-state index in [0.29, 0.717) is 18.2 Å². The lowest BCUT2D eigenvalue weighted by atomic mass is 10.0. The molecule has 2 aromatic heterocycles. The summed E-state index contributed by atoms with van der Waals surface area (Å²) < 4.78 is 31.4. The number of hydrogen-bond acceptors (Lipinski definition) is 7. The van der Waals surface area contributed by atoms with Crippen molar-refractivity contribution in [3.8, 4) is 26.7 Å². The Bertz CT molecular complexity index is 1600. The van der Waals surface area contributed by atoms with Crippen molar-refractivity contribution < 1.29 is 17.9 Å². The zero-order valence-electron chi connectivity index (χ0n) is 21.8. The second-order valence-electron chi connectivity index (χ2n) is 9.58. The molecule has 5 rings (SSSR count). The van der Waals surface area contributed by atoms with Crippen LogP contribution >= 0.6 is 22.9 Å². The number of piperidine rings is 1. The number of hydrogen-bond donors (Lipinski definition) is 0. The van der Waals surface area contributed by atoms with Crippen molar-refractivity contribution in [1.29, 1.82) is 0 Å².